The van der Waals surface area contributed by atoms with E-state index in [2.05, 4.69) is 145 Å². The molecule has 0 radical (unpaired) electrons. The molecule has 0 saturated carbocycles. The van der Waals surface area contributed by atoms with Gasteiger partial charge < -0.3 is 4.90 Å². The van der Waals surface area contributed by atoms with Crippen LogP contribution >= 0.6 is 15.9 Å². The highest BCUT2D eigenvalue weighted by Crippen LogP contribution is 2.61. The fraction of sp³-hybridized carbons (Fsp3) is 0.154. The molecule has 5 aromatic carbocycles. The maximum Gasteiger partial charge on any atom is 0.173 e. The normalized spacial score (nSPS) is 20.8. The van der Waals surface area contributed by atoms with Crippen molar-refractivity contribution < 1.29 is 4.79 Å². The van der Waals surface area contributed by atoms with E-state index < -0.39 is 16.9 Å². The van der Waals surface area contributed by atoms with Crippen LogP contribution < -0.4 is 4.90 Å². The molecule has 0 unspecified atom stereocenters. The Kier molecular flexibility index (Phi) is 6.32. The number of anilines is 1. The van der Waals surface area contributed by atoms with Crippen molar-refractivity contribution in [1.29, 1.82) is 0 Å². The van der Waals surface area contributed by atoms with Gasteiger partial charge in [0.2, 0.25) is 0 Å². The molecule has 2 nitrogen and oxygen atoms in total. The summed E-state index contributed by atoms with van der Waals surface area (Å²) >= 11 is 3.62. The molecule has 0 aromatic heterocycles. The zero-order valence-electron chi connectivity index (χ0n) is 24.0. The molecule has 42 heavy (non-hydrogen) atoms. The summed E-state index contributed by atoms with van der Waals surface area (Å²) in [5.74, 6) is -0.329. The van der Waals surface area contributed by atoms with Gasteiger partial charge in [-0.1, -0.05) is 139 Å². The molecule has 7 rings (SSSR count). The lowest BCUT2D eigenvalue weighted by Crippen LogP contribution is -2.61. The maximum absolute atomic E-state index is 15.0. The zero-order chi connectivity index (χ0) is 29.1. The van der Waals surface area contributed by atoms with Crippen LogP contribution in [0.15, 0.2) is 138 Å². The molecule has 1 aliphatic carbocycles. The second-order valence-electron chi connectivity index (χ2n) is 11.9. The number of fused-ring (bicyclic) bond motifs is 3. The van der Waals surface area contributed by atoms with Gasteiger partial charge in [0.25, 0.3) is 0 Å². The van der Waals surface area contributed by atoms with Gasteiger partial charge in [-0.25, -0.2) is 0 Å². The molecule has 2 atom stereocenters. The molecule has 1 aliphatic heterocycles. The lowest BCUT2D eigenvalue weighted by molar-refractivity contribution is 0.0885. The van der Waals surface area contributed by atoms with Crippen LogP contribution in [0, 0.1) is 5.92 Å². The second-order valence-corrected chi connectivity index (χ2v) is 12.8. The monoisotopic (exact) mass is 609 g/mol. The molecule has 0 fully saturated rings. The van der Waals surface area contributed by atoms with Crippen LogP contribution in [0.3, 0.4) is 0 Å². The van der Waals surface area contributed by atoms with Crippen LogP contribution in [-0.4, -0.2) is 18.4 Å². The third-order valence-electron chi connectivity index (χ3n) is 9.51. The summed E-state index contributed by atoms with van der Waals surface area (Å²) in [5.41, 5.74) is 6.45. The highest BCUT2D eigenvalue weighted by Gasteiger charge is 2.62. The second kappa shape index (κ2) is 9.96. The Bertz CT molecular complexity index is 1890. The van der Waals surface area contributed by atoms with Crippen LogP contribution in [0.2, 0.25) is 0 Å². The van der Waals surface area contributed by atoms with Crippen LogP contribution in [0.25, 0.3) is 21.9 Å². The van der Waals surface area contributed by atoms with Gasteiger partial charge >= 0.3 is 0 Å². The molecule has 0 bridgehead atoms. The molecule has 3 heteroatoms. The van der Waals surface area contributed by atoms with Crippen molar-refractivity contribution in [1.82, 2.24) is 0 Å². The van der Waals surface area contributed by atoms with Gasteiger partial charge in [-0.3, -0.25) is 4.79 Å². The highest BCUT2D eigenvalue weighted by atomic mass is 79.9. The van der Waals surface area contributed by atoms with Crippen molar-refractivity contribution in [2.24, 2.45) is 5.92 Å². The summed E-state index contributed by atoms with van der Waals surface area (Å²) in [4.78, 5) is 17.4. The Labute approximate surface area is 256 Å². The first-order chi connectivity index (χ1) is 20.3. The number of halogens is 1. The average molecular weight is 611 g/mol. The Morgan fingerprint density at radius 1 is 0.738 bits per heavy atom. The predicted molar refractivity (Wildman–Crippen MR) is 179 cm³/mol. The molecular weight excluding hydrogens is 578 g/mol. The Hall–Kier alpha value is -4.21. The SMILES string of the molecule is CN1c2c(ccc3ccccc23)C(C)(C)[C@@]12C=C(c1ccccc1)C=C(c1ccc(Br)cc1)[C@H]2C(=O)c1ccccc1. The number of carbonyl (C=O) groups is 1. The third kappa shape index (κ3) is 3.87. The predicted octanol–water partition coefficient (Wildman–Crippen LogP) is 9.75. The summed E-state index contributed by atoms with van der Waals surface area (Å²) in [6.07, 6.45) is 4.64. The lowest BCUT2D eigenvalue weighted by Gasteiger charge is -2.52. The van der Waals surface area contributed by atoms with E-state index in [-0.39, 0.29) is 5.78 Å². The molecule has 2 aliphatic rings. The Morgan fingerprint density at radius 2 is 1.38 bits per heavy atom. The summed E-state index contributed by atoms with van der Waals surface area (Å²) in [6, 6.07) is 41.9. The van der Waals surface area contributed by atoms with Gasteiger partial charge in [0.05, 0.1) is 11.5 Å². The first-order valence-electron chi connectivity index (χ1n) is 14.4. The van der Waals surface area contributed by atoms with Crippen molar-refractivity contribution in [3.8, 4) is 0 Å². The van der Waals surface area contributed by atoms with E-state index in [0.717, 1.165) is 32.3 Å². The van der Waals surface area contributed by atoms with Crippen LogP contribution in [0.1, 0.15) is 40.9 Å². The molecule has 1 heterocycles. The van der Waals surface area contributed by atoms with E-state index in [9.17, 15) is 4.79 Å². The molecular formula is C39H32BrNO. The quantitative estimate of drug-likeness (QED) is 0.189. The van der Waals surface area contributed by atoms with Gasteiger partial charge in [0.15, 0.2) is 5.78 Å². The Morgan fingerprint density at radius 3 is 2.10 bits per heavy atom. The molecule has 206 valence electrons. The fourth-order valence-electron chi connectivity index (χ4n) is 7.42. The summed E-state index contributed by atoms with van der Waals surface area (Å²) in [6.45, 7) is 4.64. The van der Waals surface area contributed by atoms with Crippen molar-refractivity contribution in [2.45, 2.75) is 24.8 Å². The number of carbonyl (C=O) groups excluding carboxylic acids is 1. The maximum atomic E-state index is 15.0. The van der Waals surface area contributed by atoms with Crippen LogP contribution in [-0.2, 0) is 5.41 Å². The molecule has 0 saturated heterocycles. The van der Waals surface area contributed by atoms with Crippen molar-refractivity contribution in [2.75, 3.05) is 11.9 Å². The van der Waals surface area contributed by atoms with E-state index in [1.54, 1.807) is 0 Å². The van der Waals surface area contributed by atoms with Gasteiger partial charge in [-0.2, -0.15) is 0 Å². The highest BCUT2D eigenvalue weighted by molar-refractivity contribution is 9.10. The van der Waals surface area contributed by atoms with E-state index >= 15 is 0 Å². The number of hydrogen-bond donors (Lipinski definition) is 0. The number of benzene rings is 5. The minimum atomic E-state index is -0.686. The summed E-state index contributed by atoms with van der Waals surface area (Å²) in [7, 11) is 2.19. The smallest absolute Gasteiger partial charge is 0.173 e. The van der Waals surface area contributed by atoms with Crippen molar-refractivity contribution in [3.05, 3.63) is 160 Å². The summed E-state index contributed by atoms with van der Waals surface area (Å²) in [5, 5.41) is 2.41. The number of nitrogens with zero attached hydrogens (tertiary/aromatic N) is 1. The number of hydrogen-bond acceptors (Lipinski definition) is 2. The van der Waals surface area contributed by atoms with Gasteiger partial charge in [-0.05, 0) is 57.5 Å². The standard InChI is InChI=1S/C39H32BrNO/c1-38(2)34-23-20-27-14-10-11-17-32(27)36(34)41(3)39(38)25-30(26-12-6-4-7-13-26)24-33(28-18-21-31(40)22-19-28)35(39)37(42)29-15-8-5-9-16-29/h4-25,35H,1-3H3/t35-,39-/m0/s1. The van der Waals surface area contributed by atoms with E-state index in [1.165, 1.54) is 22.0 Å². The third-order valence-corrected chi connectivity index (χ3v) is 10.0. The zero-order valence-corrected chi connectivity index (χ0v) is 25.6. The fourth-order valence-corrected chi connectivity index (χ4v) is 7.69. The van der Waals surface area contributed by atoms with E-state index in [1.807, 2.05) is 30.3 Å². The lowest BCUT2D eigenvalue weighted by atomic mass is 9.57. The van der Waals surface area contributed by atoms with Crippen LogP contribution in [0.5, 0.6) is 0 Å². The van der Waals surface area contributed by atoms with E-state index in [0.29, 0.717) is 0 Å². The number of likely N-dealkylation sites (N-methyl/N-ethyl adjacent to an activating group) is 1. The average Bonchev–Trinajstić information content (AvgIpc) is 3.19. The molecule has 5 aromatic rings. The number of rotatable bonds is 4. The minimum Gasteiger partial charge on any atom is -0.363 e. The topological polar surface area (TPSA) is 20.3 Å². The Balaban J connectivity index is 1.57. The van der Waals surface area contributed by atoms with E-state index in [4.69, 9.17) is 0 Å². The number of ketones is 1. The van der Waals surface area contributed by atoms with Crippen LogP contribution in [0.4, 0.5) is 5.69 Å². The minimum absolute atomic E-state index is 0.130. The number of allylic oxidation sites excluding steroid dienone is 2. The van der Waals surface area contributed by atoms with Gasteiger partial charge in [0.1, 0.15) is 0 Å². The molecule has 0 amide bonds. The molecule has 1 spiro atoms. The van der Waals surface area contributed by atoms with Crippen molar-refractivity contribution in [3.63, 3.8) is 0 Å². The van der Waals surface area contributed by atoms with Crippen molar-refractivity contribution >= 4 is 49.3 Å². The largest absolute Gasteiger partial charge is 0.363 e. The number of Topliss-reactive ketones (excluding diaryl/α,β-unsaturated/α-hetero) is 1. The van der Waals surface area contributed by atoms with Gasteiger partial charge in [0, 0.05) is 33.6 Å². The van der Waals surface area contributed by atoms with Gasteiger partial charge in [-0.15, -0.1) is 0 Å². The summed E-state index contributed by atoms with van der Waals surface area (Å²) < 4.78 is 1.01. The molecule has 0 N–H and O–H groups in total. The first-order valence-corrected chi connectivity index (χ1v) is 15.2. The first kappa shape index (κ1) is 26.7.